The molecule has 5 amide bonds. The first-order valence-electron chi connectivity index (χ1n) is 20.8. The first-order valence-corrected chi connectivity index (χ1v) is 21.6. The lowest BCUT2D eigenvalue weighted by Gasteiger charge is -2.60. The van der Waals surface area contributed by atoms with Crippen molar-refractivity contribution in [3.63, 3.8) is 0 Å². The highest BCUT2D eigenvalue weighted by atomic mass is 32.1. The first-order chi connectivity index (χ1) is 28.9. The molecule has 2 aromatic heterocycles. The summed E-state index contributed by atoms with van der Waals surface area (Å²) in [6, 6.07) is 10.8. The molecule has 2 saturated heterocycles. The van der Waals surface area contributed by atoms with E-state index in [0.29, 0.717) is 40.6 Å². The van der Waals surface area contributed by atoms with Crippen LogP contribution in [-0.4, -0.2) is 86.6 Å². The number of hydrogen-bond donors (Lipinski definition) is 4. The molecule has 61 heavy (non-hydrogen) atoms. The molecule has 13 nitrogen and oxygen atoms in total. The van der Waals surface area contributed by atoms with Gasteiger partial charge in [0.05, 0.1) is 32.0 Å². The topological polar surface area (TPSA) is 174 Å². The molecule has 2 aromatic carbocycles. The van der Waals surface area contributed by atoms with Crippen molar-refractivity contribution in [2.24, 2.45) is 17.3 Å². The van der Waals surface area contributed by atoms with E-state index in [1.807, 2.05) is 0 Å². The normalized spacial score (nSPS) is 23.2. The van der Waals surface area contributed by atoms with E-state index >= 15 is 0 Å². The lowest BCUT2D eigenvalue weighted by atomic mass is 9.57. The highest BCUT2D eigenvalue weighted by molar-refractivity contribution is 7.18. The van der Waals surface area contributed by atoms with Gasteiger partial charge in [-0.3, -0.25) is 34.2 Å². The maximum Gasteiger partial charge on any atom is 0.433 e. The van der Waals surface area contributed by atoms with Crippen LogP contribution in [0.25, 0.3) is 10.2 Å². The van der Waals surface area contributed by atoms with Crippen LogP contribution in [0.1, 0.15) is 119 Å². The lowest BCUT2D eigenvalue weighted by molar-refractivity contribution is -0.141. The smallest absolute Gasteiger partial charge is 0.386 e. The number of fused-ring (bicyclic) bond motifs is 2. The number of likely N-dealkylation sites (tertiary alicyclic amines) is 1. The summed E-state index contributed by atoms with van der Waals surface area (Å²) in [5.74, 6) is -1.55. The number of imide groups is 2. The number of hydrogen-bond acceptors (Lipinski definition) is 11. The van der Waals surface area contributed by atoms with Crippen molar-refractivity contribution < 1.29 is 42.3 Å². The first kappa shape index (κ1) is 41.1. The van der Waals surface area contributed by atoms with Gasteiger partial charge in [0.2, 0.25) is 11.8 Å². The van der Waals surface area contributed by atoms with Crippen LogP contribution in [0.3, 0.4) is 0 Å². The van der Waals surface area contributed by atoms with E-state index in [2.05, 4.69) is 25.8 Å². The lowest BCUT2D eigenvalue weighted by Crippen LogP contribution is -2.63. The summed E-state index contributed by atoms with van der Waals surface area (Å²) in [6.45, 7) is 7.04. The number of anilines is 2. The zero-order chi connectivity index (χ0) is 43.0. The van der Waals surface area contributed by atoms with Gasteiger partial charge in [0, 0.05) is 55.5 Å². The number of halogens is 3. The number of thiazole rings is 1. The third-order valence-electron chi connectivity index (χ3n) is 13.0. The van der Waals surface area contributed by atoms with Gasteiger partial charge < -0.3 is 20.6 Å². The molecule has 2 saturated carbocycles. The summed E-state index contributed by atoms with van der Waals surface area (Å²) in [7, 11) is 0. The Morgan fingerprint density at radius 2 is 1.67 bits per heavy atom. The average molecular weight is 858 g/mol. The number of aromatic nitrogens is 2. The number of carbonyl (C=O) groups excluding carboxylic acids is 5. The zero-order valence-corrected chi connectivity index (χ0v) is 34.5. The van der Waals surface area contributed by atoms with Gasteiger partial charge >= 0.3 is 6.18 Å². The summed E-state index contributed by atoms with van der Waals surface area (Å²) in [6.07, 6.45) is 1.85. The number of alkyl halides is 3. The van der Waals surface area contributed by atoms with Crippen LogP contribution in [-0.2, 0) is 21.4 Å². The number of pyridine rings is 1. The second-order valence-electron chi connectivity index (χ2n) is 18.1. The van der Waals surface area contributed by atoms with Crippen LogP contribution in [0.5, 0.6) is 0 Å². The third kappa shape index (κ3) is 7.91. The van der Waals surface area contributed by atoms with Gasteiger partial charge in [0.15, 0.2) is 0 Å². The van der Waals surface area contributed by atoms with Gasteiger partial charge in [-0.25, -0.2) is 9.97 Å². The van der Waals surface area contributed by atoms with Crippen molar-refractivity contribution in [3.05, 3.63) is 81.6 Å². The van der Waals surface area contributed by atoms with Crippen LogP contribution >= 0.6 is 11.3 Å². The van der Waals surface area contributed by atoms with E-state index in [0.717, 1.165) is 84.9 Å². The van der Waals surface area contributed by atoms with Gasteiger partial charge in [0.25, 0.3) is 17.7 Å². The van der Waals surface area contributed by atoms with E-state index in [-0.39, 0.29) is 41.3 Å². The molecule has 320 valence electrons. The van der Waals surface area contributed by atoms with Gasteiger partial charge in [-0.1, -0.05) is 12.1 Å². The molecule has 1 unspecified atom stereocenters. The Hall–Kier alpha value is -5.26. The van der Waals surface area contributed by atoms with Crippen molar-refractivity contribution in [1.29, 1.82) is 0 Å². The number of aliphatic hydroxyl groups is 1. The quantitative estimate of drug-likeness (QED) is 0.126. The Bertz CT molecular complexity index is 2460. The minimum atomic E-state index is -4.69. The highest BCUT2D eigenvalue weighted by Crippen LogP contribution is 2.53. The van der Waals surface area contributed by atoms with E-state index in [4.69, 9.17) is 4.98 Å². The van der Waals surface area contributed by atoms with Crippen LogP contribution in [0.2, 0.25) is 0 Å². The molecule has 17 heteroatoms. The SMILES string of the molecule is CC(C)(O)c1cc2nc([C@H]3CC[C@H](CN4CC5(CC(CNc6cccc7c6C(=O)N(C6CCC(=O)NC6=O)C7=O)C5)C4)CC3)sc2cc1NC(=O)c1cccc(C(F)(F)F)n1. The zero-order valence-electron chi connectivity index (χ0n) is 33.7. The van der Waals surface area contributed by atoms with Gasteiger partial charge in [-0.2, -0.15) is 13.2 Å². The monoisotopic (exact) mass is 857 g/mol. The Balaban J connectivity index is 0.753. The third-order valence-corrected chi connectivity index (χ3v) is 14.2. The van der Waals surface area contributed by atoms with Gasteiger partial charge in [-0.05, 0) is 112 Å². The molecular weight excluding hydrogens is 812 g/mol. The Morgan fingerprint density at radius 3 is 2.38 bits per heavy atom. The molecule has 3 aliphatic heterocycles. The number of amides is 5. The molecule has 1 spiro atoms. The van der Waals surface area contributed by atoms with Gasteiger partial charge in [0.1, 0.15) is 17.4 Å². The minimum absolute atomic E-state index is 0.0729. The van der Waals surface area contributed by atoms with Gasteiger partial charge in [-0.15, -0.1) is 11.3 Å². The summed E-state index contributed by atoms with van der Waals surface area (Å²) in [4.78, 5) is 75.9. The van der Waals surface area contributed by atoms with E-state index in [1.165, 1.54) is 17.4 Å². The Kier molecular flexibility index (Phi) is 10.3. The molecule has 4 aromatic rings. The molecule has 4 fully saturated rings. The van der Waals surface area contributed by atoms with Crippen LogP contribution in [0, 0.1) is 17.3 Å². The van der Waals surface area contributed by atoms with Crippen molar-refractivity contribution in [2.75, 3.05) is 36.8 Å². The van der Waals surface area contributed by atoms with Crippen LogP contribution < -0.4 is 16.0 Å². The predicted molar refractivity (Wildman–Crippen MR) is 220 cm³/mol. The second-order valence-corrected chi connectivity index (χ2v) is 19.1. The number of nitrogens with zero attached hydrogens (tertiary/aromatic N) is 4. The maximum absolute atomic E-state index is 13.5. The average Bonchev–Trinajstić information content (AvgIpc) is 3.71. The number of carbonyl (C=O) groups is 5. The van der Waals surface area contributed by atoms with Crippen molar-refractivity contribution in [3.8, 4) is 0 Å². The molecule has 4 N–H and O–H groups in total. The molecule has 1 atom stereocenters. The largest absolute Gasteiger partial charge is 0.433 e. The van der Waals surface area contributed by atoms with E-state index < -0.39 is 53.0 Å². The summed E-state index contributed by atoms with van der Waals surface area (Å²) in [5, 5.41) is 20.3. The molecule has 0 radical (unpaired) electrons. The highest BCUT2D eigenvalue weighted by Gasteiger charge is 2.52. The summed E-state index contributed by atoms with van der Waals surface area (Å²) < 4.78 is 40.6. The Morgan fingerprint density at radius 1 is 0.934 bits per heavy atom. The molecule has 0 bridgehead atoms. The molecular formula is C44H46F3N7O6S. The number of benzene rings is 2. The fourth-order valence-corrected chi connectivity index (χ4v) is 11.3. The minimum Gasteiger partial charge on any atom is -0.386 e. The molecule has 5 heterocycles. The summed E-state index contributed by atoms with van der Waals surface area (Å²) in [5.41, 5.74) is -0.0685. The van der Waals surface area contributed by atoms with Crippen molar-refractivity contribution >= 4 is 62.5 Å². The second kappa shape index (κ2) is 15.3. The maximum atomic E-state index is 13.5. The predicted octanol–water partition coefficient (Wildman–Crippen LogP) is 6.69. The van der Waals surface area contributed by atoms with Crippen LogP contribution in [0.15, 0.2) is 48.5 Å². The van der Waals surface area contributed by atoms with E-state index in [9.17, 15) is 42.3 Å². The van der Waals surface area contributed by atoms with E-state index in [1.54, 1.807) is 44.2 Å². The number of piperidine rings is 1. The van der Waals surface area contributed by atoms with Crippen LogP contribution in [0.4, 0.5) is 24.5 Å². The molecule has 5 aliphatic rings. The number of rotatable bonds is 10. The van der Waals surface area contributed by atoms with Crippen molar-refractivity contribution in [2.45, 2.75) is 89.0 Å². The van der Waals surface area contributed by atoms with Crippen molar-refractivity contribution in [1.82, 2.24) is 25.1 Å². The fourth-order valence-electron chi connectivity index (χ4n) is 10.2. The molecule has 2 aliphatic carbocycles. The number of nitrogens with one attached hydrogen (secondary N) is 3. The molecule has 9 rings (SSSR count). The standard InChI is InChI=1S/C44H46F3N7O6S/c1-42(2,60)27-15-31-33(16-30(27)50-37(56)29-7-4-8-34(49-29)44(45,46)47)61-39(51-31)25-11-9-23(10-12-25)20-53-21-43(22-53)17-24(18-43)19-48-28-6-3-5-26-36(28)41(59)54(40(26)58)32-13-14-35(55)52-38(32)57/h3-8,15-16,23-25,32,48,60H,9-14,17-22H2,1-2H3,(H,50,56)(H,52,55,57)/t23-,25-,32?. The Labute approximate surface area is 353 Å². The fraction of sp³-hybridized carbons (Fsp3) is 0.477. The summed E-state index contributed by atoms with van der Waals surface area (Å²) >= 11 is 1.54.